The van der Waals surface area contributed by atoms with Crippen molar-refractivity contribution < 1.29 is 65.1 Å². The number of imidazole rings is 2. The number of hydrogen-bond donors (Lipinski definition) is 4. The molecule has 8 aromatic rings. The lowest BCUT2D eigenvalue weighted by Crippen LogP contribution is -2.25. The molecule has 2 atom stereocenters. The number of alkyl halides is 6. The number of nitrogens with zero attached hydrogens (tertiary/aromatic N) is 10. The van der Waals surface area contributed by atoms with Gasteiger partial charge in [0.25, 0.3) is 11.8 Å². The fourth-order valence-corrected chi connectivity index (χ4v) is 7.46. The molecule has 73 heavy (non-hydrogen) atoms. The van der Waals surface area contributed by atoms with E-state index < -0.39 is 59.9 Å². The van der Waals surface area contributed by atoms with Crippen molar-refractivity contribution in [3.63, 3.8) is 0 Å². The van der Waals surface area contributed by atoms with E-state index >= 15 is 0 Å². The first-order chi connectivity index (χ1) is 34.7. The minimum atomic E-state index is -4.67. The first-order valence-electron chi connectivity index (χ1n) is 21.9. The lowest BCUT2D eigenvalue weighted by atomic mass is 10.0. The highest BCUT2D eigenvalue weighted by molar-refractivity contribution is 6.04. The van der Waals surface area contributed by atoms with E-state index in [4.69, 9.17) is 24.1 Å². The number of hydrogen-bond acceptors (Lipinski definition) is 16. The van der Waals surface area contributed by atoms with E-state index in [1.807, 2.05) is 0 Å². The van der Waals surface area contributed by atoms with Crippen molar-refractivity contribution in [3.05, 3.63) is 131 Å². The second-order valence-corrected chi connectivity index (χ2v) is 16.5. The summed E-state index contributed by atoms with van der Waals surface area (Å²) in [6.07, 6.45) is -8.09. The van der Waals surface area contributed by atoms with Crippen LogP contribution in [0.15, 0.2) is 97.3 Å². The average molecular weight is 1020 g/mol. The molecule has 26 heteroatoms. The Bertz CT molecular complexity index is 3280. The maximum Gasteiger partial charge on any atom is 0.417 e. The van der Waals surface area contributed by atoms with Crippen LogP contribution in [0.25, 0.3) is 33.8 Å². The summed E-state index contributed by atoms with van der Waals surface area (Å²) in [6, 6.07) is 18.7. The van der Waals surface area contributed by atoms with E-state index in [1.54, 1.807) is 39.0 Å². The number of aryl methyl sites for hydroxylation is 2. The summed E-state index contributed by atoms with van der Waals surface area (Å²) in [5, 5.41) is 47.6. The third kappa shape index (κ3) is 11.6. The Hall–Kier alpha value is -8.20. The highest BCUT2D eigenvalue weighted by atomic mass is 19.4. The zero-order chi connectivity index (χ0) is 52.2. The van der Waals surface area contributed by atoms with Crippen molar-refractivity contribution >= 4 is 34.7 Å². The molecule has 380 valence electrons. The van der Waals surface area contributed by atoms with Crippen LogP contribution >= 0.6 is 0 Å². The van der Waals surface area contributed by atoms with E-state index in [0.29, 0.717) is 0 Å². The van der Waals surface area contributed by atoms with Crippen LogP contribution in [0.5, 0.6) is 11.5 Å². The summed E-state index contributed by atoms with van der Waals surface area (Å²) >= 11 is 0. The van der Waals surface area contributed by atoms with Crippen LogP contribution in [-0.4, -0.2) is 116 Å². The summed E-state index contributed by atoms with van der Waals surface area (Å²) < 4.78 is 108. The Labute approximate surface area is 409 Å². The minimum absolute atomic E-state index is 0.00317. The fourth-order valence-electron chi connectivity index (χ4n) is 7.46. The van der Waals surface area contributed by atoms with E-state index in [9.17, 15) is 41.0 Å². The normalized spacial score (nSPS) is 14.9. The molecule has 0 aliphatic carbocycles. The second-order valence-electron chi connectivity index (χ2n) is 16.5. The first-order valence-corrected chi connectivity index (χ1v) is 21.9. The summed E-state index contributed by atoms with van der Waals surface area (Å²) in [6.45, 7) is 6.00. The van der Waals surface area contributed by atoms with Crippen LogP contribution in [0.2, 0.25) is 0 Å². The van der Waals surface area contributed by atoms with Crippen molar-refractivity contribution in [2.75, 3.05) is 37.1 Å². The van der Waals surface area contributed by atoms with Gasteiger partial charge in [-0.25, -0.2) is 19.0 Å². The monoisotopic (exact) mass is 1020 g/mol. The molecule has 7 heterocycles. The number of carbonyl (C=O) groups is 2. The molecule has 1 fully saturated rings. The number of anilines is 2. The molecule has 0 spiro atoms. The number of aliphatic hydroxyl groups is 2. The smallest absolute Gasteiger partial charge is 0.417 e. The number of amides is 2. The van der Waals surface area contributed by atoms with Gasteiger partial charge in [-0.05, 0) is 64.1 Å². The average Bonchev–Trinajstić information content (AvgIpc) is 4.02. The fraction of sp³-hybridized carbons (Fsp3) is 0.277. The van der Waals surface area contributed by atoms with Crippen molar-refractivity contribution in [2.24, 2.45) is 0 Å². The molecule has 1 saturated heterocycles. The molecule has 1 aliphatic rings. The van der Waals surface area contributed by atoms with Gasteiger partial charge in [-0.1, -0.05) is 36.4 Å². The van der Waals surface area contributed by atoms with Crippen molar-refractivity contribution in [1.29, 1.82) is 0 Å². The number of nitrogens with one attached hydrogen (secondary N) is 2. The van der Waals surface area contributed by atoms with Gasteiger partial charge in [0.1, 0.15) is 25.4 Å². The molecular formula is C47H42F6N12O8. The van der Waals surface area contributed by atoms with Crippen LogP contribution in [-0.2, 0) is 21.8 Å². The SMILES string of the molecule is Cc1nc2c(OC[C@H](O)CO)cc(-c3ccccc3C(F)(F)F)nn2c1C(=O)Nc1cccnn1.Cc1nc2c(OC[C@H]3COC(C)(C)O3)cc(-c3ccccc3C(F)(F)F)nn2c1C(=O)Nc1cccnn1. The summed E-state index contributed by atoms with van der Waals surface area (Å²) in [7, 11) is 0. The molecule has 2 amide bonds. The Balaban J connectivity index is 0.000000196. The number of benzene rings is 2. The molecule has 4 N–H and O–H groups in total. The number of halogens is 6. The predicted octanol–water partition coefficient (Wildman–Crippen LogP) is 6.79. The van der Waals surface area contributed by atoms with E-state index in [1.165, 1.54) is 78.4 Å². The maximum atomic E-state index is 13.8. The molecule has 0 unspecified atom stereocenters. The van der Waals surface area contributed by atoms with Gasteiger partial charge in [-0.15, -0.1) is 10.2 Å². The van der Waals surface area contributed by atoms with Gasteiger partial charge in [0.2, 0.25) is 0 Å². The van der Waals surface area contributed by atoms with Crippen LogP contribution in [0.1, 0.15) is 57.3 Å². The molecular weight excluding hydrogens is 975 g/mol. The summed E-state index contributed by atoms with van der Waals surface area (Å²) in [5.74, 6) is -1.66. The van der Waals surface area contributed by atoms with E-state index in [2.05, 4.69) is 51.2 Å². The molecule has 9 rings (SSSR count). The van der Waals surface area contributed by atoms with Crippen LogP contribution in [0, 0.1) is 13.8 Å². The number of ether oxygens (including phenoxy) is 4. The van der Waals surface area contributed by atoms with Crippen LogP contribution in [0.3, 0.4) is 0 Å². The molecule has 0 saturated carbocycles. The number of aliphatic hydroxyl groups excluding tert-OH is 2. The van der Waals surface area contributed by atoms with Gasteiger partial charge in [0, 0.05) is 35.7 Å². The van der Waals surface area contributed by atoms with Crippen molar-refractivity contribution in [3.8, 4) is 34.0 Å². The third-order valence-corrected chi connectivity index (χ3v) is 10.7. The summed E-state index contributed by atoms with van der Waals surface area (Å²) in [5.41, 5.74) is -1.83. The number of carbonyl (C=O) groups excluding carboxylic acids is 2. The van der Waals surface area contributed by atoms with Gasteiger partial charge in [-0.3, -0.25) is 9.59 Å². The van der Waals surface area contributed by atoms with Gasteiger partial charge in [0.15, 0.2) is 51.6 Å². The minimum Gasteiger partial charge on any atom is -0.487 e. The summed E-state index contributed by atoms with van der Waals surface area (Å²) in [4.78, 5) is 35.0. The molecule has 6 aromatic heterocycles. The Morgan fingerprint density at radius 1 is 0.740 bits per heavy atom. The molecule has 0 bridgehead atoms. The Kier molecular flexibility index (Phi) is 14.6. The highest BCUT2D eigenvalue weighted by Crippen LogP contribution is 2.40. The highest BCUT2D eigenvalue weighted by Gasteiger charge is 2.37. The zero-order valence-electron chi connectivity index (χ0n) is 38.8. The molecule has 1 aliphatic heterocycles. The number of aromatic nitrogens is 10. The quantitative estimate of drug-likeness (QED) is 0.0868. The topological polar surface area (TPSA) is 248 Å². The zero-order valence-corrected chi connectivity index (χ0v) is 38.8. The van der Waals surface area contributed by atoms with Crippen molar-refractivity contribution in [2.45, 2.75) is 58.0 Å². The van der Waals surface area contributed by atoms with Gasteiger partial charge in [-0.2, -0.15) is 46.7 Å². The molecule has 2 aromatic carbocycles. The van der Waals surface area contributed by atoms with Gasteiger partial charge < -0.3 is 39.8 Å². The predicted molar refractivity (Wildman–Crippen MR) is 245 cm³/mol. The lowest BCUT2D eigenvalue weighted by molar-refractivity contribution is -0.141. The maximum absolute atomic E-state index is 13.8. The molecule has 20 nitrogen and oxygen atoms in total. The Morgan fingerprint density at radius 3 is 1.62 bits per heavy atom. The van der Waals surface area contributed by atoms with Crippen molar-refractivity contribution in [1.82, 2.24) is 49.6 Å². The largest absolute Gasteiger partial charge is 0.487 e. The van der Waals surface area contributed by atoms with E-state index in [-0.39, 0.29) is 99.5 Å². The number of fused-ring (bicyclic) bond motifs is 2. The second kappa shape index (κ2) is 20.9. The Morgan fingerprint density at radius 2 is 1.21 bits per heavy atom. The lowest BCUT2D eigenvalue weighted by Gasteiger charge is -2.18. The first kappa shape index (κ1) is 51.2. The third-order valence-electron chi connectivity index (χ3n) is 10.7. The van der Waals surface area contributed by atoms with Gasteiger partial charge in [0.05, 0.1) is 47.1 Å². The number of rotatable bonds is 13. The molecule has 0 radical (unpaired) electrons. The van der Waals surface area contributed by atoms with Crippen LogP contribution in [0.4, 0.5) is 38.0 Å². The van der Waals surface area contributed by atoms with Gasteiger partial charge >= 0.3 is 12.4 Å². The standard InChI is InChI=1S/C25H23F3N6O4.C22H19F3N6O4/c1-14-21(23(35)31-20-9-6-10-29-32-20)34-22(30-14)19(36-12-15-13-37-24(2,3)38-15)11-18(33-34)16-7-4-5-8-17(16)25(26,27)28;1-12-19(21(34)28-18-7-4-8-26-29-18)31-20(27-12)17(35-11-13(33)10-32)9-16(30-31)14-5-2-3-6-15(14)22(23,24)25/h4-11,15H,12-13H2,1-3H3,(H,31,32,35);2-9,13,32-33H,10-11H2,1H3,(H,28,29,34)/t15-;13-/m01/s1. The van der Waals surface area contributed by atoms with E-state index in [0.717, 1.165) is 16.6 Å². The van der Waals surface area contributed by atoms with Crippen LogP contribution < -0.4 is 20.1 Å².